The Hall–Kier alpha value is -3.04. The lowest BCUT2D eigenvalue weighted by molar-refractivity contribution is -0.143. The van der Waals surface area contributed by atoms with Crippen molar-refractivity contribution in [3.8, 4) is 5.75 Å². The number of rotatable bonds is 3. The largest absolute Gasteiger partial charge is 0.506 e. The molecule has 0 unspecified atom stereocenters. The second-order valence-electron chi connectivity index (χ2n) is 6.20. The molecule has 1 aromatic heterocycles. The number of alkyl halides is 3. The lowest BCUT2D eigenvalue weighted by atomic mass is 10.0. The van der Waals surface area contributed by atoms with Gasteiger partial charge in [-0.2, -0.15) is 13.2 Å². The fourth-order valence-electron chi connectivity index (χ4n) is 2.30. The maximum Gasteiger partial charge on any atom is 0.416 e. The SMILES string of the molecule is Cn1c(=O)c(C(=O)NC(C)(C)C(=O)O)c(O)c2ccc(C(F)(F)F)cc21. The highest BCUT2D eigenvalue weighted by Crippen LogP contribution is 2.34. The van der Waals surface area contributed by atoms with Gasteiger partial charge in [0.25, 0.3) is 11.5 Å². The molecule has 10 heteroatoms. The minimum atomic E-state index is -4.65. The highest BCUT2D eigenvalue weighted by molar-refractivity contribution is 6.04. The molecule has 0 saturated heterocycles. The first-order chi connectivity index (χ1) is 11.8. The molecule has 0 aliphatic rings. The molecule has 140 valence electrons. The zero-order chi connectivity index (χ0) is 20.0. The van der Waals surface area contributed by atoms with Gasteiger partial charge in [-0.05, 0) is 32.0 Å². The molecule has 0 aliphatic heterocycles. The van der Waals surface area contributed by atoms with Gasteiger partial charge in [0.2, 0.25) is 0 Å². The Balaban J connectivity index is 2.69. The highest BCUT2D eigenvalue weighted by atomic mass is 19.4. The number of carboxylic acid groups (broad SMARTS) is 1. The summed E-state index contributed by atoms with van der Waals surface area (Å²) in [6, 6.07) is 2.32. The molecular weight excluding hydrogens is 357 g/mol. The monoisotopic (exact) mass is 372 g/mol. The van der Waals surface area contributed by atoms with E-state index in [0.29, 0.717) is 12.1 Å². The molecule has 0 atom stereocenters. The van der Waals surface area contributed by atoms with E-state index in [1.54, 1.807) is 0 Å². The van der Waals surface area contributed by atoms with Crippen molar-refractivity contribution in [1.82, 2.24) is 9.88 Å². The highest BCUT2D eigenvalue weighted by Gasteiger charge is 2.34. The van der Waals surface area contributed by atoms with Crippen LogP contribution in [0.15, 0.2) is 23.0 Å². The number of halogens is 3. The van der Waals surface area contributed by atoms with Crippen LogP contribution in [0.4, 0.5) is 13.2 Å². The normalized spacial score (nSPS) is 12.2. The molecule has 1 heterocycles. The summed E-state index contributed by atoms with van der Waals surface area (Å²) < 4.78 is 39.3. The van der Waals surface area contributed by atoms with Crippen LogP contribution in [0, 0.1) is 0 Å². The molecule has 0 aliphatic carbocycles. The summed E-state index contributed by atoms with van der Waals surface area (Å²) >= 11 is 0. The molecule has 0 saturated carbocycles. The van der Waals surface area contributed by atoms with Gasteiger partial charge in [-0.25, -0.2) is 4.79 Å². The van der Waals surface area contributed by atoms with E-state index in [0.717, 1.165) is 17.7 Å². The van der Waals surface area contributed by atoms with Gasteiger partial charge in [-0.1, -0.05) is 0 Å². The average molecular weight is 372 g/mol. The van der Waals surface area contributed by atoms with Crippen molar-refractivity contribution < 1.29 is 33.0 Å². The maximum absolute atomic E-state index is 12.8. The topological polar surface area (TPSA) is 109 Å². The van der Waals surface area contributed by atoms with E-state index in [-0.39, 0.29) is 10.9 Å². The zero-order valence-corrected chi connectivity index (χ0v) is 13.9. The van der Waals surface area contributed by atoms with Crippen LogP contribution in [0.1, 0.15) is 29.8 Å². The fraction of sp³-hybridized carbons (Fsp3) is 0.312. The Morgan fingerprint density at radius 3 is 2.27 bits per heavy atom. The molecule has 3 N–H and O–H groups in total. The number of nitrogens with zero attached hydrogens (tertiary/aromatic N) is 1. The van der Waals surface area contributed by atoms with E-state index >= 15 is 0 Å². The number of aromatic hydroxyl groups is 1. The van der Waals surface area contributed by atoms with E-state index < -0.39 is 46.0 Å². The number of aryl methyl sites for hydroxylation is 1. The van der Waals surface area contributed by atoms with Crippen LogP contribution in [-0.4, -0.2) is 32.2 Å². The van der Waals surface area contributed by atoms with Gasteiger partial charge in [0, 0.05) is 12.4 Å². The summed E-state index contributed by atoms with van der Waals surface area (Å²) in [4.78, 5) is 35.8. The molecule has 26 heavy (non-hydrogen) atoms. The number of nitrogens with one attached hydrogen (secondary N) is 1. The molecule has 0 bridgehead atoms. The van der Waals surface area contributed by atoms with Crippen molar-refractivity contribution in [2.45, 2.75) is 25.6 Å². The number of carbonyl (C=O) groups excluding carboxylic acids is 1. The summed E-state index contributed by atoms with van der Waals surface area (Å²) in [6.45, 7) is 2.34. The molecule has 2 aromatic rings. The van der Waals surface area contributed by atoms with Gasteiger partial charge in [-0.3, -0.25) is 9.59 Å². The molecule has 7 nitrogen and oxygen atoms in total. The third kappa shape index (κ3) is 3.22. The molecule has 1 aromatic carbocycles. The average Bonchev–Trinajstić information content (AvgIpc) is 2.50. The van der Waals surface area contributed by atoms with Gasteiger partial charge in [0.05, 0.1) is 11.1 Å². The molecule has 0 spiro atoms. The lowest BCUT2D eigenvalue weighted by Gasteiger charge is -2.21. The first-order valence-electron chi connectivity index (χ1n) is 7.26. The molecular formula is C16H15F3N2O5. The van der Waals surface area contributed by atoms with E-state index in [4.69, 9.17) is 5.11 Å². The van der Waals surface area contributed by atoms with Gasteiger partial charge >= 0.3 is 12.1 Å². The van der Waals surface area contributed by atoms with Crippen LogP contribution in [0.2, 0.25) is 0 Å². The smallest absolute Gasteiger partial charge is 0.416 e. The Morgan fingerprint density at radius 2 is 1.77 bits per heavy atom. The van der Waals surface area contributed by atoms with Crippen molar-refractivity contribution >= 4 is 22.8 Å². The van der Waals surface area contributed by atoms with Crippen molar-refractivity contribution in [3.63, 3.8) is 0 Å². The van der Waals surface area contributed by atoms with Gasteiger partial charge in [0.15, 0.2) is 0 Å². The number of carbonyl (C=O) groups is 2. The van der Waals surface area contributed by atoms with Crippen molar-refractivity contribution in [2.24, 2.45) is 7.05 Å². The Kier molecular flexibility index (Phi) is 4.48. The summed E-state index contributed by atoms with van der Waals surface area (Å²) in [6.07, 6.45) is -4.65. The van der Waals surface area contributed by atoms with Crippen molar-refractivity contribution in [3.05, 3.63) is 39.7 Å². The van der Waals surface area contributed by atoms with E-state index in [1.165, 1.54) is 13.8 Å². The number of pyridine rings is 1. The standard InChI is InChI=1S/C16H15F3N2O5/c1-15(2,14(25)26)20-12(23)10-11(22)8-5-4-7(16(17,18)19)6-9(8)21(3)13(10)24/h4-6,22H,1-3H3,(H,20,23)(H,25,26). The number of amides is 1. The summed E-state index contributed by atoms with van der Waals surface area (Å²) in [5.74, 6) is -3.36. The van der Waals surface area contributed by atoms with E-state index in [1.807, 2.05) is 0 Å². The minimum absolute atomic E-state index is 0.154. The fourth-order valence-corrected chi connectivity index (χ4v) is 2.30. The number of aliphatic carboxylic acids is 1. The van der Waals surface area contributed by atoms with Gasteiger partial charge in [-0.15, -0.1) is 0 Å². The lowest BCUT2D eigenvalue weighted by Crippen LogP contribution is -2.50. The van der Waals surface area contributed by atoms with Crippen LogP contribution in [0.5, 0.6) is 5.75 Å². The third-order valence-electron chi connectivity index (χ3n) is 3.88. The predicted octanol–water partition coefficient (Wildman–Crippen LogP) is 1.86. The third-order valence-corrected chi connectivity index (χ3v) is 3.88. The minimum Gasteiger partial charge on any atom is -0.506 e. The van der Waals surface area contributed by atoms with Crippen LogP contribution in [0.25, 0.3) is 10.9 Å². The second-order valence-corrected chi connectivity index (χ2v) is 6.20. The molecule has 2 rings (SSSR count). The number of benzene rings is 1. The number of fused-ring (bicyclic) bond motifs is 1. The zero-order valence-electron chi connectivity index (χ0n) is 13.9. The van der Waals surface area contributed by atoms with Crippen LogP contribution < -0.4 is 10.9 Å². The van der Waals surface area contributed by atoms with Crippen molar-refractivity contribution in [1.29, 1.82) is 0 Å². The summed E-state index contributed by atoms with van der Waals surface area (Å²) in [5.41, 5.74) is -4.80. The summed E-state index contributed by atoms with van der Waals surface area (Å²) in [5, 5.41) is 21.2. The van der Waals surface area contributed by atoms with Crippen LogP contribution in [-0.2, 0) is 18.0 Å². The number of carboxylic acids is 1. The number of aromatic nitrogens is 1. The Labute approximate surface area is 144 Å². The Bertz CT molecular complexity index is 976. The first-order valence-corrected chi connectivity index (χ1v) is 7.26. The first kappa shape index (κ1) is 19.3. The Morgan fingerprint density at radius 1 is 1.19 bits per heavy atom. The number of hydrogen-bond donors (Lipinski definition) is 3. The van der Waals surface area contributed by atoms with Gasteiger partial charge < -0.3 is 20.1 Å². The van der Waals surface area contributed by atoms with Crippen LogP contribution >= 0.6 is 0 Å². The van der Waals surface area contributed by atoms with Gasteiger partial charge in [0.1, 0.15) is 16.9 Å². The van der Waals surface area contributed by atoms with Crippen LogP contribution in [0.3, 0.4) is 0 Å². The van der Waals surface area contributed by atoms with E-state index in [9.17, 15) is 32.7 Å². The molecule has 0 fully saturated rings. The predicted molar refractivity (Wildman–Crippen MR) is 85.0 cm³/mol. The van der Waals surface area contributed by atoms with Crippen molar-refractivity contribution in [2.75, 3.05) is 0 Å². The quantitative estimate of drug-likeness (QED) is 0.762. The molecule has 1 amide bonds. The molecule has 0 radical (unpaired) electrons. The van der Waals surface area contributed by atoms with E-state index in [2.05, 4.69) is 5.32 Å². The number of hydrogen-bond acceptors (Lipinski definition) is 4. The second kappa shape index (κ2) is 6.04. The summed E-state index contributed by atoms with van der Waals surface area (Å²) in [7, 11) is 1.14. The maximum atomic E-state index is 12.8.